The summed E-state index contributed by atoms with van der Waals surface area (Å²) >= 11 is 0. The van der Waals surface area contributed by atoms with E-state index < -0.39 is 0 Å². The second-order valence-corrected chi connectivity index (χ2v) is 5.62. The molecule has 1 saturated heterocycles. The van der Waals surface area contributed by atoms with Crippen LogP contribution in [0.3, 0.4) is 0 Å². The predicted octanol–water partition coefficient (Wildman–Crippen LogP) is 1.56. The van der Waals surface area contributed by atoms with Crippen LogP contribution in [0.15, 0.2) is 18.3 Å². The molecule has 0 spiro atoms. The molecule has 0 unspecified atom stereocenters. The number of anilines is 1. The van der Waals surface area contributed by atoms with E-state index in [9.17, 15) is 9.59 Å². The van der Waals surface area contributed by atoms with Gasteiger partial charge in [0.25, 0.3) is 5.91 Å². The molecule has 0 aromatic carbocycles. The summed E-state index contributed by atoms with van der Waals surface area (Å²) < 4.78 is 5.04. The van der Waals surface area contributed by atoms with Gasteiger partial charge in [-0.15, -0.1) is 0 Å². The lowest BCUT2D eigenvalue weighted by molar-refractivity contribution is -0.149. The topological polar surface area (TPSA) is 62.7 Å². The van der Waals surface area contributed by atoms with Crippen molar-refractivity contribution >= 4 is 17.7 Å². The van der Waals surface area contributed by atoms with Gasteiger partial charge in [0.2, 0.25) is 0 Å². The average Bonchev–Trinajstić information content (AvgIpc) is 2.54. The van der Waals surface area contributed by atoms with Crippen molar-refractivity contribution in [1.82, 2.24) is 9.88 Å². The Hall–Kier alpha value is -2.11. The standard InChI is InChI=1S/C16H23N3O3/c1-4-22-16(21)12-7-9-19(10-8-12)15(20)13-5-6-14(17-11-13)18(2)3/h5-6,11-12H,4,7-10H2,1-3H3. The summed E-state index contributed by atoms with van der Waals surface area (Å²) in [4.78, 5) is 32.1. The lowest BCUT2D eigenvalue weighted by atomic mass is 9.96. The Bertz CT molecular complexity index is 520. The minimum absolute atomic E-state index is 0.0277. The summed E-state index contributed by atoms with van der Waals surface area (Å²) in [6.07, 6.45) is 2.93. The lowest BCUT2D eigenvalue weighted by Crippen LogP contribution is -2.40. The molecule has 1 fully saturated rings. The van der Waals surface area contributed by atoms with Crippen molar-refractivity contribution in [1.29, 1.82) is 0 Å². The first kappa shape index (κ1) is 16.3. The Morgan fingerprint density at radius 3 is 2.50 bits per heavy atom. The van der Waals surface area contributed by atoms with Crippen molar-refractivity contribution in [2.24, 2.45) is 5.92 Å². The third kappa shape index (κ3) is 3.75. The van der Waals surface area contributed by atoms with Crippen molar-refractivity contribution in [2.75, 3.05) is 38.7 Å². The molecule has 0 aliphatic carbocycles. The average molecular weight is 305 g/mol. The fourth-order valence-electron chi connectivity index (χ4n) is 2.54. The molecule has 22 heavy (non-hydrogen) atoms. The Morgan fingerprint density at radius 2 is 2.00 bits per heavy atom. The number of hydrogen-bond donors (Lipinski definition) is 0. The zero-order valence-corrected chi connectivity index (χ0v) is 13.4. The van der Waals surface area contributed by atoms with Gasteiger partial charge in [-0.1, -0.05) is 0 Å². The van der Waals surface area contributed by atoms with E-state index in [0.29, 0.717) is 38.1 Å². The molecule has 0 bridgehead atoms. The molecule has 1 aliphatic heterocycles. The number of esters is 1. The van der Waals surface area contributed by atoms with Crippen LogP contribution < -0.4 is 4.90 Å². The van der Waals surface area contributed by atoms with Gasteiger partial charge in [-0.3, -0.25) is 9.59 Å². The SMILES string of the molecule is CCOC(=O)C1CCN(C(=O)c2ccc(N(C)C)nc2)CC1. The maximum Gasteiger partial charge on any atom is 0.309 e. The largest absolute Gasteiger partial charge is 0.466 e. The normalized spacial score (nSPS) is 15.5. The molecule has 1 aromatic rings. The van der Waals surface area contributed by atoms with Crippen LogP contribution >= 0.6 is 0 Å². The molecule has 0 saturated carbocycles. The Morgan fingerprint density at radius 1 is 1.32 bits per heavy atom. The van der Waals surface area contributed by atoms with Crippen LogP contribution in [0.5, 0.6) is 0 Å². The van der Waals surface area contributed by atoms with E-state index in [1.807, 2.05) is 25.1 Å². The minimum Gasteiger partial charge on any atom is -0.466 e. The highest BCUT2D eigenvalue weighted by atomic mass is 16.5. The minimum atomic E-state index is -0.147. The van der Waals surface area contributed by atoms with E-state index in [1.165, 1.54) is 0 Å². The van der Waals surface area contributed by atoms with Gasteiger partial charge in [0, 0.05) is 33.4 Å². The van der Waals surface area contributed by atoms with Crippen LogP contribution in [-0.4, -0.2) is 55.6 Å². The van der Waals surface area contributed by atoms with E-state index >= 15 is 0 Å². The van der Waals surface area contributed by atoms with Crippen molar-refractivity contribution < 1.29 is 14.3 Å². The van der Waals surface area contributed by atoms with Gasteiger partial charge in [-0.05, 0) is 31.9 Å². The molecular formula is C16H23N3O3. The van der Waals surface area contributed by atoms with Gasteiger partial charge >= 0.3 is 5.97 Å². The summed E-state index contributed by atoms with van der Waals surface area (Å²) in [6.45, 7) is 3.37. The number of rotatable bonds is 4. The number of nitrogens with zero attached hydrogens (tertiary/aromatic N) is 3. The van der Waals surface area contributed by atoms with E-state index in [-0.39, 0.29) is 17.8 Å². The molecule has 2 heterocycles. The summed E-state index contributed by atoms with van der Waals surface area (Å²) in [5.74, 6) is 0.558. The maximum absolute atomic E-state index is 12.4. The Kier molecular flexibility index (Phi) is 5.35. The molecule has 1 amide bonds. The van der Waals surface area contributed by atoms with Crippen molar-refractivity contribution in [3.63, 3.8) is 0 Å². The van der Waals surface area contributed by atoms with Crippen molar-refractivity contribution in [2.45, 2.75) is 19.8 Å². The van der Waals surface area contributed by atoms with Crippen LogP contribution in [0.1, 0.15) is 30.1 Å². The van der Waals surface area contributed by atoms with Crippen LogP contribution in [0.4, 0.5) is 5.82 Å². The molecule has 6 nitrogen and oxygen atoms in total. The zero-order chi connectivity index (χ0) is 16.1. The fourth-order valence-corrected chi connectivity index (χ4v) is 2.54. The van der Waals surface area contributed by atoms with E-state index in [0.717, 1.165) is 5.82 Å². The number of aromatic nitrogens is 1. The molecule has 0 atom stereocenters. The molecule has 6 heteroatoms. The molecule has 2 rings (SSSR count). The number of pyridine rings is 1. The second-order valence-electron chi connectivity index (χ2n) is 5.62. The van der Waals surface area contributed by atoms with Crippen LogP contribution in [0, 0.1) is 5.92 Å². The molecule has 1 aromatic heterocycles. The first-order chi connectivity index (χ1) is 10.5. The number of carbonyl (C=O) groups is 2. The Labute approximate surface area is 131 Å². The summed E-state index contributed by atoms with van der Waals surface area (Å²) in [7, 11) is 3.81. The summed E-state index contributed by atoms with van der Waals surface area (Å²) in [5.41, 5.74) is 0.584. The zero-order valence-electron chi connectivity index (χ0n) is 13.4. The van der Waals surface area contributed by atoms with Crippen LogP contribution in [0.25, 0.3) is 0 Å². The van der Waals surface area contributed by atoms with E-state index in [1.54, 1.807) is 24.1 Å². The highest BCUT2D eigenvalue weighted by Crippen LogP contribution is 2.20. The highest BCUT2D eigenvalue weighted by molar-refractivity contribution is 5.94. The highest BCUT2D eigenvalue weighted by Gasteiger charge is 2.28. The number of hydrogen-bond acceptors (Lipinski definition) is 5. The van der Waals surface area contributed by atoms with Crippen LogP contribution in [-0.2, 0) is 9.53 Å². The first-order valence-electron chi connectivity index (χ1n) is 7.62. The number of ether oxygens (including phenoxy) is 1. The molecular weight excluding hydrogens is 282 g/mol. The number of carbonyl (C=O) groups excluding carboxylic acids is 2. The monoisotopic (exact) mass is 305 g/mol. The van der Waals surface area contributed by atoms with Gasteiger partial charge < -0.3 is 14.5 Å². The van der Waals surface area contributed by atoms with Crippen molar-refractivity contribution in [3.8, 4) is 0 Å². The van der Waals surface area contributed by atoms with E-state index in [4.69, 9.17) is 4.74 Å². The molecule has 1 aliphatic rings. The number of piperidine rings is 1. The van der Waals surface area contributed by atoms with Crippen LogP contribution in [0.2, 0.25) is 0 Å². The van der Waals surface area contributed by atoms with E-state index in [2.05, 4.69) is 4.98 Å². The number of likely N-dealkylation sites (tertiary alicyclic amines) is 1. The van der Waals surface area contributed by atoms with Gasteiger partial charge in [0.15, 0.2) is 0 Å². The van der Waals surface area contributed by atoms with Gasteiger partial charge in [0.1, 0.15) is 5.82 Å². The quantitative estimate of drug-likeness (QED) is 0.790. The smallest absolute Gasteiger partial charge is 0.309 e. The van der Waals surface area contributed by atoms with Gasteiger partial charge in [0.05, 0.1) is 18.1 Å². The third-order valence-corrected chi connectivity index (χ3v) is 3.86. The first-order valence-corrected chi connectivity index (χ1v) is 7.62. The third-order valence-electron chi connectivity index (χ3n) is 3.86. The predicted molar refractivity (Wildman–Crippen MR) is 83.8 cm³/mol. The van der Waals surface area contributed by atoms with Gasteiger partial charge in [-0.25, -0.2) is 4.98 Å². The van der Waals surface area contributed by atoms with Gasteiger partial charge in [-0.2, -0.15) is 0 Å². The molecule has 120 valence electrons. The number of amides is 1. The fraction of sp³-hybridized carbons (Fsp3) is 0.562. The summed E-state index contributed by atoms with van der Waals surface area (Å²) in [5, 5.41) is 0. The molecule has 0 radical (unpaired) electrons. The maximum atomic E-state index is 12.4. The lowest BCUT2D eigenvalue weighted by Gasteiger charge is -2.30. The van der Waals surface area contributed by atoms with Crippen molar-refractivity contribution in [3.05, 3.63) is 23.9 Å². The second kappa shape index (κ2) is 7.24. The summed E-state index contributed by atoms with van der Waals surface area (Å²) in [6, 6.07) is 3.63. The molecule has 0 N–H and O–H groups in total. The Balaban J connectivity index is 1.93.